The highest BCUT2D eigenvalue weighted by Gasteiger charge is 2.35. The summed E-state index contributed by atoms with van der Waals surface area (Å²) in [5.74, 6) is -0.869. The van der Waals surface area contributed by atoms with Crippen LogP contribution in [0.4, 0.5) is 0 Å². The third-order valence-corrected chi connectivity index (χ3v) is 6.09. The van der Waals surface area contributed by atoms with Gasteiger partial charge < -0.3 is 9.72 Å². The molecule has 2 aromatic carbocycles. The first-order valence-electron chi connectivity index (χ1n) is 9.61. The van der Waals surface area contributed by atoms with E-state index >= 15 is 0 Å². The fourth-order valence-electron chi connectivity index (χ4n) is 3.72. The maximum Gasteiger partial charge on any atom is 0.261 e. The Hall–Kier alpha value is -3.62. The van der Waals surface area contributed by atoms with Crippen molar-refractivity contribution in [2.24, 2.45) is 0 Å². The second-order valence-corrected chi connectivity index (χ2v) is 8.01. The summed E-state index contributed by atoms with van der Waals surface area (Å²) in [6.07, 6.45) is 3.38. The summed E-state index contributed by atoms with van der Waals surface area (Å²) >= 11 is 1.46. The molecule has 1 aliphatic rings. The van der Waals surface area contributed by atoms with Gasteiger partial charge >= 0.3 is 0 Å². The van der Waals surface area contributed by atoms with Gasteiger partial charge in [0.05, 0.1) is 23.0 Å². The molecule has 0 saturated carbocycles. The Balaban J connectivity index is 1.68. The first-order valence-corrected chi connectivity index (χ1v) is 10.4. The van der Waals surface area contributed by atoms with Crippen molar-refractivity contribution in [2.75, 3.05) is 7.11 Å². The van der Waals surface area contributed by atoms with E-state index in [-0.39, 0.29) is 6.73 Å². The molecule has 1 aliphatic heterocycles. The number of imidazole rings is 1. The molecule has 2 amide bonds. The third-order valence-electron chi connectivity index (χ3n) is 5.08. The zero-order chi connectivity index (χ0) is 21.4. The van der Waals surface area contributed by atoms with Gasteiger partial charge in [0.15, 0.2) is 5.16 Å². The van der Waals surface area contributed by atoms with Gasteiger partial charge in [-0.2, -0.15) is 0 Å². The summed E-state index contributed by atoms with van der Waals surface area (Å²) in [6.45, 7) is 0.191. The maximum atomic E-state index is 12.9. The predicted molar refractivity (Wildman–Crippen MR) is 118 cm³/mol. The number of amides is 2. The van der Waals surface area contributed by atoms with Crippen LogP contribution in [0.5, 0.6) is 0 Å². The van der Waals surface area contributed by atoms with Crippen molar-refractivity contribution in [2.45, 2.75) is 16.8 Å². The van der Waals surface area contributed by atoms with Crippen molar-refractivity contribution in [3.63, 3.8) is 0 Å². The molecule has 5 rings (SSSR count). The summed E-state index contributed by atoms with van der Waals surface area (Å²) in [5, 5.41) is 3.98. The lowest BCUT2D eigenvalue weighted by atomic mass is 9.99. The van der Waals surface area contributed by atoms with Crippen molar-refractivity contribution in [1.82, 2.24) is 19.9 Å². The highest BCUT2D eigenvalue weighted by atomic mass is 32.2. The fourth-order valence-corrected chi connectivity index (χ4v) is 4.59. The lowest BCUT2D eigenvalue weighted by Gasteiger charge is -2.11. The van der Waals surface area contributed by atoms with E-state index in [1.807, 2.05) is 54.6 Å². The zero-order valence-corrected chi connectivity index (χ0v) is 17.4. The monoisotopic (exact) mass is 430 g/mol. The Morgan fingerprint density at radius 3 is 2.55 bits per heavy atom. The summed E-state index contributed by atoms with van der Waals surface area (Å²) in [6, 6.07) is 17.5. The van der Waals surface area contributed by atoms with Crippen LogP contribution in [0.1, 0.15) is 11.3 Å². The molecule has 4 aromatic rings. The van der Waals surface area contributed by atoms with Gasteiger partial charge in [-0.1, -0.05) is 48.2 Å². The molecule has 8 heteroatoms. The number of aromatic amines is 1. The molecule has 0 radical (unpaired) electrons. The molecular weight excluding hydrogens is 412 g/mol. The highest BCUT2D eigenvalue weighted by molar-refractivity contribution is 7.99. The molecule has 2 aromatic heterocycles. The molecule has 0 spiro atoms. The van der Waals surface area contributed by atoms with Gasteiger partial charge in [0.1, 0.15) is 6.73 Å². The predicted octanol–water partition coefficient (Wildman–Crippen LogP) is 3.69. The fraction of sp³-hybridized carbons (Fsp3) is 0.0870. The van der Waals surface area contributed by atoms with Crippen molar-refractivity contribution in [1.29, 1.82) is 0 Å². The Morgan fingerprint density at radius 1 is 1.00 bits per heavy atom. The molecule has 3 heterocycles. The number of carbonyl (C=O) groups is 2. The molecule has 0 bridgehead atoms. The van der Waals surface area contributed by atoms with Crippen LogP contribution in [0, 0.1) is 0 Å². The van der Waals surface area contributed by atoms with Crippen LogP contribution in [0.2, 0.25) is 0 Å². The number of carbonyl (C=O) groups excluding carboxylic acids is 2. The number of fused-ring (bicyclic) bond motifs is 1. The molecule has 31 heavy (non-hydrogen) atoms. The van der Waals surface area contributed by atoms with Crippen molar-refractivity contribution in [3.8, 4) is 0 Å². The summed E-state index contributed by atoms with van der Waals surface area (Å²) in [7, 11) is 1.58. The van der Waals surface area contributed by atoms with Gasteiger partial charge in [-0.15, -0.1) is 0 Å². The van der Waals surface area contributed by atoms with E-state index < -0.39 is 11.8 Å². The lowest BCUT2D eigenvalue weighted by Crippen LogP contribution is -2.23. The smallest absolute Gasteiger partial charge is 0.261 e. The van der Waals surface area contributed by atoms with E-state index in [0.717, 1.165) is 15.8 Å². The zero-order valence-electron chi connectivity index (χ0n) is 16.6. The number of aromatic nitrogens is 3. The number of hydrogen-bond acceptors (Lipinski definition) is 5. The molecule has 0 aliphatic carbocycles. The molecule has 7 nitrogen and oxygen atoms in total. The average Bonchev–Trinajstić information content (AvgIpc) is 3.45. The molecule has 0 fully saturated rings. The van der Waals surface area contributed by atoms with E-state index in [1.165, 1.54) is 11.8 Å². The molecule has 0 saturated heterocycles. The molecule has 2 N–H and O–H groups in total. The minimum absolute atomic E-state index is 0.191. The number of para-hydroxylation sites is 1. The second-order valence-electron chi connectivity index (χ2n) is 6.97. The summed E-state index contributed by atoms with van der Waals surface area (Å²) < 4.78 is 7.19. The number of benzene rings is 2. The van der Waals surface area contributed by atoms with Crippen molar-refractivity contribution in [3.05, 3.63) is 78.2 Å². The van der Waals surface area contributed by atoms with Gasteiger partial charge in [-0.25, -0.2) is 4.98 Å². The van der Waals surface area contributed by atoms with Crippen LogP contribution in [0.15, 0.2) is 77.0 Å². The van der Waals surface area contributed by atoms with Gasteiger partial charge in [0, 0.05) is 34.7 Å². The largest absolute Gasteiger partial charge is 0.364 e. The number of rotatable bonds is 6. The Morgan fingerprint density at radius 2 is 1.74 bits per heavy atom. The molecule has 154 valence electrons. The van der Waals surface area contributed by atoms with Crippen LogP contribution in [0.25, 0.3) is 22.0 Å². The van der Waals surface area contributed by atoms with E-state index in [9.17, 15) is 9.59 Å². The van der Waals surface area contributed by atoms with Crippen molar-refractivity contribution < 1.29 is 14.3 Å². The third kappa shape index (κ3) is 3.35. The number of nitrogens with one attached hydrogen (secondary N) is 2. The quantitative estimate of drug-likeness (QED) is 0.456. The van der Waals surface area contributed by atoms with Crippen LogP contribution in [0.3, 0.4) is 0 Å². The Bertz CT molecular complexity index is 1340. The van der Waals surface area contributed by atoms with Crippen molar-refractivity contribution >= 4 is 45.6 Å². The van der Waals surface area contributed by atoms with E-state index in [1.54, 1.807) is 24.1 Å². The Labute approximate surface area is 182 Å². The van der Waals surface area contributed by atoms with Crippen LogP contribution in [-0.4, -0.2) is 33.5 Å². The summed E-state index contributed by atoms with van der Waals surface area (Å²) in [5.41, 5.74) is 2.72. The van der Waals surface area contributed by atoms with Gasteiger partial charge in [0.25, 0.3) is 11.8 Å². The normalized spacial score (nSPS) is 14.0. The number of imide groups is 1. The number of H-pyrrole nitrogens is 1. The summed E-state index contributed by atoms with van der Waals surface area (Å²) in [4.78, 5) is 34.4. The van der Waals surface area contributed by atoms with Crippen LogP contribution >= 0.6 is 11.8 Å². The maximum absolute atomic E-state index is 12.9. The van der Waals surface area contributed by atoms with Gasteiger partial charge in [0.2, 0.25) is 0 Å². The molecular formula is C23H18N4O3S. The molecule has 0 unspecified atom stereocenters. The van der Waals surface area contributed by atoms with Gasteiger partial charge in [-0.05, 0) is 18.2 Å². The number of nitrogens with zero attached hydrogens (tertiary/aromatic N) is 2. The number of ether oxygens (including phenoxy) is 1. The standard InChI is InChI=1S/C23H18N4O3S/c1-30-13-27-18(12-25-23(27)31-14-7-3-2-4-8-14)20-19(21(28)26-22(20)29)16-11-24-17-10-6-5-9-15(16)17/h2-12,24H,13H2,1H3,(H,26,28,29). The molecule has 0 atom stereocenters. The topological polar surface area (TPSA) is 89.0 Å². The minimum Gasteiger partial charge on any atom is -0.364 e. The van der Waals surface area contributed by atoms with Crippen LogP contribution < -0.4 is 5.32 Å². The van der Waals surface area contributed by atoms with Crippen LogP contribution in [-0.2, 0) is 21.1 Å². The average molecular weight is 430 g/mol. The van der Waals surface area contributed by atoms with E-state index in [2.05, 4.69) is 15.3 Å². The minimum atomic E-state index is -0.446. The first-order chi connectivity index (χ1) is 15.2. The first kappa shape index (κ1) is 19.3. The Kier molecular flexibility index (Phi) is 4.93. The van der Waals surface area contributed by atoms with E-state index in [0.29, 0.717) is 27.6 Å². The highest BCUT2D eigenvalue weighted by Crippen LogP contribution is 2.37. The number of hydrogen-bond donors (Lipinski definition) is 2. The number of methoxy groups -OCH3 is 1. The van der Waals surface area contributed by atoms with Gasteiger partial charge in [-0.3, -0.25) is 19.5 Å². The second kappa shape index (κ2) is 7.90. The lowest BCUT2D eigenvalue weighted by molar-refractivity contribution is -0.122. The SMILES string of the molecule is COCn1c(C2=C(c3c[nH]c4ccccc34)C(=O)NC2=O)cnc1Sc1ccccc1. The van der Waals surface area contributed by atoms with E-state index in [4.69, 9.17) is 4.74 Å².